The first-order chi connectivity index (χ1) is 7.22. The minimum absolute atomic E-state index is 0.226. The summed E-state index contributed by atoms with van der Waals surface area (Å²) in [5.41, 5.74) is 0.962. The van der Waals surface area contributed by atoms with E-state index in [0.29, 0.717) is 24.0 Å². The molecule has 0 spiro atoms. The van der Waals surface area contributed by atoms with Crippen molar-refractivity contribution in [2.75, 3.05) is 12.4 Å². The molecule has 0 saturated heterocycles. The number of nitrogens with one attached hydrogen (secondary N) is 2. The van der Waals surface area contributed by atoms with E-state index < -0.39 is 0 Å². The van der Waals surface area contributed by atoms with Gasteiger partial charge in [0.25, 0.3) is 0 Å². The molecule has 0 radical (unpaired) electrons. The van der Waals surface area contributed by atoms with Gasteiger partial charge in [-0.3, -0.25) is 0 Å². The third-order valence-electron chi connectivity index (χ3n) is 1.72. The molecule has 0 atom stereocenters. The van der Waals surface area contributed by atoms with Crippen molar-refractivity contribution in [1.29, 1.82) is 0 Å². The summed E-state index contributed by atoms with van der Waals surface area (Å²) in [6.07, 6.45) is 0. The number of alkyl halides is 1. The number of carbonyl (C=O) groups excluding carboxylic acids is 1. The zero-order chi connectivity index (χ0) is 11.1. The molecule has 2 amide bonds. The second kappa shape index (κ2) is 6.53. The first kappa shape index (κ1) is 12.1. The van der Waals surface area contributed by atoms with Crippen LogP contribution in [0, 0.1) is 0 Å². The Labute approximate surface area is 98.8 Å². The van der Waals surface area contributed by atoms with E-state index in [9.17, 15) is 4.79 Å². The number of carbonyl (C=O) groups is 1. The lowest BCUT2D eigenvalue weighted by Crippen LogP contribution is -2.36. The third kappa shape index (κ3) is 4.91. The molecule has 2 N–H and O–H groups in total. The molecule has 3 nitrogen and oxygen atoms in total. The van der Waals surface area contributed by atoms with E-state index in [0.717, 1.165) is 5.56 Å². The van der Waals surface area contributed by atoms with Crippen LogP contribution in [0.3, 0.4) is 0 Å². The molecule has 0 bridgehead atoms. The molecule has 5 heteroatoms. The molecule has 0 aromatic heterocycles. The van der Waals surface area contributed by atoms with Crippen LogP contribution in [0.5, 0.6) is 0 Å². The van der Waals surface area contributed by atoms with E-state index in [2.05, 4.69) is 10.6 Å². The fourth-order valence-electron chi connectivity index (χ4n) is 1.05. The van der Waals surface area contributed by atoms with Crippen LogP contribution in [0.15, 0.2) is 24.3 Å². The Kier molecular flexibility index (Phi) is 5.29. The second-order valence-corrected chi connectivity index (χ2v) is 3.74. The SMILES string of the molecule is O=C(NCCCl)NCc1cccc(Cl)c1. The van der Waals surface area contributed by atoms with Crippen LogP contribution in [0.25, 0.3) is 0 Å². The predicted octanol–water partition coefficient (Wildman–Crippen LogP) is 2.38. The van der Waals surface area contributed by atoms with E-state index in [4.69, 9.17) is 23.2 Å². The zero-order valence-corrected chi connectivity index (χ0v) is 9.61. The van der Waals surface area contributed by atoms with Crippen LogP contribution in [-0.2, 0) is 6.54 Å². The van der Waals surface area contributed by atoms with Gasteiger partial charge in [-0.25, -0.2) is 4.79 Å². The van der Waals surface area contributed by atoms with E-state index in [-0.39, 0.29) is 6.03 Å². The standard InChI is InChI=1S/C10H12Cl2N2O/c11-4-5-13-10(15)14-7-8-2-1-3-9(12)6-8/h1-3,6H,4-5,7H2,(H2,13,14,15). The van der Waals surface area contributed by atoms with Crippen molar-refractivity contribution in [2.45, 2.75) is 6.54 Å². The molecule has 0 aliphatic carbocycles. The Morgan fingerprint density at radius 1 is 1.33 bits per heavy atom. The van der Waals surface area contributed by atoms with Crippen molar-refractivity contribution >= 4 is 29.2 Å². The van der Waals surface area contributed by atoms with Gasteiger partial charge in [0.1, 0.15) is 0 Å². The zero-order valence-electron chi connectivity index (χ0n) is 8.09. The number of urea groups is 1. The Hall–Kier alpha value is -0.930. The second-order valence-electron chi connectivity index (χ2n) is 2.93. The van der Waals surface area contributed by atoms with E-state index >= 15 is 0 Å². The Bertz CT molecular complexity index is 331. The number of benzene rings is 1. The van der Waals surface area contributed by atoms with Crippen LogP contribution >= 0.6 is 23.2 Å². The molecule has 0 heterocycles. The maximum atomic E-state index is 11.1. The van der Waals surface area contributed by atoms with Crippen LogP contribution < -0.4 is 10.6 Å². The van der Waals surface area contributed by atoms with Gasteiger partial charge in [-0.1, -0.05) is 23.7 Å². The minimum atomic E-state index is -0.226. The number of amides is 2. The highest BCUT2D eigenvalue weighted by Crippen LogP contribution is 2.09. The first-order valence-corrected chi connectivity index (χ1v) is 5.45. The van der Waals surface area contributed by atoms with Crippen molar-refractivity contribution in [3.8, 4) is 0 Å². The average molecular weight is 247 g/mol. The van der Waals surface area contributed by atoms with Gasteiger partial charge in [0, 0.05) is 24.0 Å². The molecule has 1 rings (SSSR count). The summed E-state index contributed by atoms with van der Waals surface area (Å²) in [5, 5.41) is 5.96. The Balaban J connectivity index is 2.33. The number of hydrogen-bond acceptors (Lipinski definition) is 1. The smallest absolute Gasteiger partial charge is 0.315 e. The topological polar surface area (TPSA) is 41.1 Å². The van der Waals surface area contributed by atoms with Gasteiger partial charge in [-0.15, -0.1) is 11.6 Å². The highest BCUT2D eigenvalue weighted by Gasteiger charge is 1.99. The van der Waals surface area contributed by atoms with Gasteiger partial charge in [0.05, 0.1) is 0 Å². The minimum Gasteiger partial charge on any atom is -0.337 e. The summed E-state index contributed by atoms with van der Waals surface area (Å²) < 4.78 is 0. The molecular weight excluding hydrogens is 235 g/mol. The lowest BCUT2D eigenvalue weighted by Gasteiger charge is -2.06. The van der Waals surface area contributed by atoms with Crippen LogP contribution in [0.1, 0.15) is 5.56 Å². The van der Waals surface area contributed by atoms with Crippen molar-refractivity contribution in [2.24, 2.45) is 0 Å². The van der Waals surface area contributed by atoms with Crippen molar-refractivity contribution in [3.05, 3.63) is 34.9 Å². The lowest BCUT2D eigenvalue weighted by molar-refractivity contribution is 0.241. The fourth-order valence-corrected chi connectivity index (χ4v) is 1.36. The monoisotopic (exact) mass is 246 g/mol. The molecule has 0 fully saturated rings. The van der Waals surface area contributed by atoms with Crippen LogP contribution in [0.4, 0.5) is 4.79 Å². The van der Waals surface area contributed by atoms with Crippen molar-refractivity contribution in [1.82, 2.24) is 10.6 Å². The van der Waals surface area contributed by atoms with Gasteiger partial charge < -0.3 is 10.6 Å². The molecule has 1 aromatic carbocycles. The lowest BCUT2D eigenvalue weighted by atomic mass is 10.2. The number of hydrogen-bond donors (Lipinski definition) is 2. The van der Waals surface area contributed by atoms with E-state index in [1.54, 1.807) is 6.07 Å². The highest BCUT2D eigenvalue weighted by atomic mass is 35.5. The van der Waals surface area contributed by atoms with Crippen molar-refractivity contribution in [3.63, 3.8) is 0 Å². The molecular formula is C10H12Cl2N2O. The molecule has 0 saturated carbocycles. The quantitative estimate of drug-likeness (QED) is 0.788. The summed E-state index contributed by atoms with van der Waals surface area (Å²) in [5.74, 6) is 0.407. The van der Waals surface area contributed by atoms with E-state index in [1.807, 2.05) is 18.2 Å². The molecule has 0 aliphatic heterocycles. The van der Waals surface area contributed by atoms with Crippen molar-refractivity contribution < 1.29 is 4.79 Å². The first-order valence-electron chi connectivity index (χ1n) is 4.54. The van der Waals surface area contributed by atoms with Gasteiger partial charge >= 0.3 is 6.03 Å². The summed E-state index contributed by atoms with van der Waals surface area (Å²) in [6.45, 7) is 0.914. The van der Waals surface area contributed by atoms with Gasteiger partial charge in [0.15, 0.2) is 0 Å². The summed E-state index contributed by atoms with van der Waals surface area (Å²) in [6, 6.07) is 7.11. The van der Waals surface area contributed by atoms with Crippen LogP contribution in [-0.4, -0.2) is 18.5 Å². The summed E-state index contributed by atoms with van der Waals surface area (Å²) in [4.78, 5) is 11.1. The normalized spacial score (nSPS) is 9.73. The Morgan fingerprint density at radius 2 is 2.13 bits per heavy atom. The average Bonchev–Trinajstić information content (AvgIpc) is 2.23. The molecule has 1 aromatic rings. The summed E-state index contributed by atoms with van der Waals surface area (Å²) >= 11 is 11.2. The van der Waals surface area contributed by atoms with Gasteiger partial charge in [-0.2, -0.15) is 0 Å². The fraction of sp³-hybridized carbons (Fsp3) is 0.300. The van der Waals surface area contributed by atoms with Gasteiger partial charge in [-0.05, 0) is 17.7 Å². The van der Waals surface area contributed by atoms with Gasteiger partial charge in [0.2, 0.25) is 0 Å². The number of rotatable bonds is 4. The third-order valence-corrected chi connectivity index (χ3v) is 2.15. The van der Waals surface area contributed by atoms with Crippen LogP contribution in [0.2, 0.25) is 5.02 Å². The van der Waals surface area contributed by atoms with E-state index in [1.165, 1.54) is 0 Å². The highest BCUT2D eigenvalue weighted by molar-refractivity contribution is 6.30. The maximum Gasteiger partial charge on any atom is 0.315 e. The molecule has 82 valence electrons. The molecule has 0 aliphatic rings. The Morgan fingerprint density at radius 3 is 2.80 bits per heavy atom. The molecule has 15 heavy (non-hydrogen) atoms. The predicted molar refractivity (Wildman–Crippen MR) is 62.4 cm³/mol. The number of halogens is 2. The molecule has 0 unspecified atom stereocenters. The maximum absolute atomic E-state index is 11.1. The summed E-state index contributed by atoms with van der Waals surface area (Å²) in [7, 11) is 0. The largest absolute Gasteiger partial charge is 0.337 e.